The minimum absolute atomic E-state index is 0.0557. The van der Waals surface area contributed by atoms with Crippen molar-refractivity contribution < 1.29 is 22.7 Å². The van der Waals surface area contributed by atoms with Crippen LogP contribution in [-0.2, 0) is 0 Å². The highest BCUT2D eigenvalue weighted by atomic mass is 31.0. The van der Waals surface area contributed by atoms with Crippen LogP contribution in [0.5, 0.6) is 11.6 Å². The van der Waals surface area contributed by atoms with Crippen molar-refractivity contribution in [1.82, 2.24) is 9.97 Å². The van der Waals surface area contributed by atoms with Gasteiger partial charge in [-0.3, -0.25) is 0 Å². The summed E-state index contributed by atoms with van der Waals surface area (Å²) in [6.07, 6.45) is 1.70. The fraction of sp³-hybridized carbons (Fsp3) is 0.400. The summed E-state index contributed by atoms with van der Waals surface area (Å²) < 4.78 is 44.4. The highest BCUT2D eigenvalue weighted by Gasteiger charge is 2.17. The van der Waals surface area contributed by atoms with Crippen LogP contribution < -0.4 is 9.47 Å². The molecular weight excluding hydrogens is 385 g/mol. The van der Waals surface area contributed by atoms with Crippen molar-refractivity contribution >= 4 is 20.3 Å². The van der Waals surface area contributed by atoms with Crippen molar-refractivity contribution in [2.75, 3.05) is 13.2 Å². The first-order valence-corrected chi connectivity index (χ1v) is 9.59. The fourth-order valence-electron chi connectivity index (χ4n) is 2.38. The van der Waals surface area contributed by atoms with Crippen LogP contribution in [0.1, 0.15) is 27.2 Å². The zero-order valence-corrected chi connectivity index (χ0v) is 17.2. The summed E-state index contributed by atoms with van der Waals surface area (Å²) in [6.45, 7) is 6.13. The van der Waals surface area contributed by atoms with Crippen molar-refractivity contribution in [3.05, 3.63) is 36.3 Å². The average molecular weight is 408 g/mol. The Kier molecular flexibility index (Phi) is 6.14. The van der Waals surface area contributed by atoms with E-state index in [-0.39, 0.29) is 24.7 Å². The number of alkyl halides is 1. The van der Waals surface area contributed by atoms with Crippen molar-refractivity contribution in [2.24, 2.45) is 5.92 Å². The first-order chi connectivity index (χ1) is 13.2. The van der Waals surface area contributed by atoms with Crippen LogP contribution in [0.2, 0.25) is 0 Å². The molecule has 2 aromatic heterocycles. The molecule has 150 valence electrons. The molecule has 2 heterocycles. The molecule has 0 bridgehead atoms. The number of fused-ring (bicyclic) bond motifs is 1. The molecule has 1 aromatic carbocycles. The van der Waals surface area contributed by atoms with Crippen molar-refractivity contribution in [1.29, 1.82) is 0 Å². The lowest BCUT2D eigenvalue weighted by Gasteiger charge is -2.14. The van der Waals surface area contributed by atoms with Gasteiger partial charge in [-0.2, -0.15) is 0 Å². The zero-order chi connectivity index (χ0) is 20.3. The number of nitrogens with zero attached hydrogens (tertiary/aromatic N) is 2. The third-order valence-electron chi connectivity index (χ3n) is 3.84. The number of ether oxygens (including phenoxy) is 2. The van der Waals surface area contributed by atoms with E-state index in [0.717, 1.165) is 0 Å². The van der Waals surface area contributed by atoms with Gasteiger partial charge >= 0.3 is 0 Å². The summed E-state index contributed by atoms with van der Waals surface area (Å²) in [6, 6.07) is 6.06. The highest BCUT2D eigenvalue weighted by Crippen LogP contribution is 2.30. The molecule has 2 atom stereocenters. The summed E-state index contributed by atoms with van der Waals surface area (Å²) in [5.74, 6) is 0.585. The molecule has 0 fully saturated rings. The predicted molar refractivity (Wildman–Crippen MR) is 107 cm³/mol. The molecule has 0 saturated heterocycles. The van der Waals surface area contributed by atoms with Gasteiger partial charge in [-0.1, -0.05) is 23.1 Å². The normalized spacial score (nSPS) is 13.7. The highest BCUT2D eigenvalue weighted by molar-refractivity contribution is 7.18. The largest absolute Gasteiger partial charge is 0.490 e. The van der Waals surface area contributed by atoms with Crippen LogP contribution >= 0.6 is 9.24 Å². The second kappa shape index (κ2) is 8.39. The molecule has 0 aliphatic heterocycles. The van der Waals surface area contributed by atoms with Gasteiger partial charge in [0.1, 0.15) is 10.9 Å². The molecule has 2 unspecified atom stereocenters. The topological polar surface area (TPSA) is 57.4 Å². The number of hydrogen-bond acceptors (Lipinski definition) is 5. The Labute approximate surface area is 164 Å². The molecule has 0 spiro atoms. The molecule has 0 saturated carbocycles. The Morgan fingerprint density at radius 3 is 2.71 bits per heavy atom. The molecule has 0 aliphatic carbocycles. The maximum absolute atomic E-state index is 14.3. The summed E-state index contributed by atoms with van der Waals surface area (Å²) >= 11 is 0. The monoisotopic (exact) mass is 408 g/mol. The molecule has 0 aliphatic rings. The second-order valence-electron chi connectivity index (χ2n) is 7.24. The van der Waals surface area contributed by atoms with E-state index < -0.39 is 11.2 Å². The summed E-state index contributed by atoms with van der Waals surface area (Å²) in [7, 11) is 2.09. The van der Waals surface area contributed by atoms with Gasteiger partial charge in [-0.15, -0.1) is 0 Å². The van der Waals surface area contributed by atoms with Crippen LogP contribution in [0.4, 0.5) is 8.78 Å². The van der Waals surface area contributed by atoms with Gasteiger partial charge in [0.15, 0.2) is 17.1 Å². The minimum Gasteiger partial charge on any atom is -0.490 e. The standard InChI is InChI=1S/C20H23F2N2O3P/c1-12(2)11-26-18-9-17-15(10-23-18)24-19(27-17)13-4-5-16(14(21)8-13)25-7-6-20(3,22)28/h4-5,8-10,12H,6-7,11,28H2,1-3H3. The van der Waals surface area contributed by atoms with Crippen LogP contribution in [0.3, 0.4) is 0 Å². The Morgan fingerprint density at radius 2 is 2.04 bits per heavy atom. The smallest absolute Gasteiger partial charge is 0.227 e. The van der Waals surface area contributed by atoms with Gasteiger partial charge in [-0.05, 0) is 31.0 Å². The number of rotatable bonds is 8. The molecular formula is C20H23F2N2O3P. The lowest BCUT2D eigenvalue weighted by Crippen LogP contribution is -2.13. The average Bonchev–Trinajstić information content (AvgIpc) is 3.03. The molecule has 28 heavy (non-hydrogen) atoms. The SMILES string of the molecule is CC(C)COc1cc2oc(-c3ccc(OCCC(C)(F)P)c(F)c3)nc2cn1. The van der Waals surface area contributed by atoms with Gasteiger partial charge < -0.3 is 13.9 Å². The number of oxazole rings is 1. The first-order valence-electron chi connectivity index (χ1n) is 9.01. The van der Waals surface area contributed by atoms with Crippen LogP contribution in [0, 0.1) is 11.7 Å². The van der Waals surface area contributed by atoms with E-state index in [2.05, 4.69) is 19.2 Å². The van der Waals surface area contributed by atoms with E-state index in [0.29, 0.717) is 35.1 Å². The van der Waals surface area contributed by atoms with Crippen molar-refractivity contribution in [2.45, 2.75) is 32.6 Å². The predicted octanol–water partition coefficient (Wildman–Crippen LogP) is 5.39. The van der Waals surface area contributed by atoms with Crippen LogP contribution in [0.25, 0.3) is 22.6 Å². The third-order valence-corrected chi connectivity index (χ3v) is 4.13. The number of pyridine rings is 1. The Morgan fingerprint density at radius 1 is 1.25 bits per heavy atom. The van der Waals surface area contributed by atoms with Gasteiger partial charge in [0.25, 0.3) is 0 Å². The van der Waals surface area contributed by atoms with Crippen molar-refractivity contribution in [3.63, 3.8) is 0 Å². The van der Waals surface area contributed by atoms with E-state index in [4.69, 9.17) is 13.9 Å². The number of hydrogen-bond donors (Lipinski definition) is 0. The van der Waals surface area contributed by atoms with Gasteiger partial charge in [0, 0.05) is 18.1 Å². The molecule has 3 aromatic rings. The van der Waals surface area contributed by atoms with Crippen LogP contribution in [0.15, 0.2) is 34.9 Å². The van der Waals surface area contributed by atoms with E-state index in [1.165, 1.54) is 19.1 Å². The molecule has 3 rings (SSSR count). The summed E-state index contributed by atoms with van der Waals surface area (Å²) in [4.78, 5) is 8.54. The Hall–Kier alpha value is -2.27. The van der Waals surface area contributed by atoms with Crippen LogP contribution in [-0.4, -0.2) is 28.6 Å². The van der Waals surface area contributed by atoms with Gasteiger partial charge in [-0.25, -0.2) is 18.7 Å². The quantitative estimate of drug-likeness (QED) is 0.468. The molecule has 5 nitrogen and oxygen atoms in total. The van der Waals surface area contributed by atoms with E-state index >= 15 is 0 Å². The number of benzene rings is 1. The Bertz CT molecular complexity index is 954. The second-order valence-corrected chi connectivity index (χ2v) is 8.44. The molecule has 8 heteroatoms. The van der Waals surface area contributed by atoms with E-state index in [9.17, 15) is 8.78 Å². The maximum atomic E-state index is 14.3. The maximum Gasteiger partial charge on any atom is 0.227 e. The van der Waals surface area contributed by atoms with E-state index in [1.807, 2.05) is 13.8 Å². The minimum atomic E-state index is -1.44. The zero-order valence-electron chi connectivity index (χ0n) is 16.0. The lowest BCUT2D eigenvalue weighted by atomic mass is 10.2. The first kappa shape index (κ1) is 20.5. The fourth-order valence-corrected chi connectivity index (χ4v) is 2.50. The summed E-state index contributed by atoms with van der Waals surface area (Å²) in [5, 5.41) is -1.44. The van der Waals surface area contributed by atoms with Crippen molar-refractivity contribution in [3.8, 4) is 23.1 Å². The summed E-state index contributed by atoms with van der Waals surface area (Å²) in [5.41, 5.74) is 1.52. The van der Waals surface area contributed by atoms with Gasteiger partial charge in [0.05, 0.1) is 19.4 Å². The third kappa shape index (κ3) is 5.38. The molecule has 0 N–H and O–H groups in total. The van der Waals surface area contributed by atoms with Gasteiger partial charge in [0.2, 0.25) is 11.8 Å². The number of aromatic nitrogens is 2. The molecule has 0 amide bonds. The number of halogens is 2. The molecule has 0 radical (unpaired) electrons. The Balaban J connectivity index is 1.75. The van der Waals surface area contributed by atoms with E-state index in [1.54, 1.807) is 18.3 Å². The lowest BCUT2D eigenvalue weighted by molar-refractivity contribution is 0.218.